The van der Waals surface area contributed by atoms with Crippen LogP contribution in [0, 0.1) is 5.92 Å². The summed E-state index contributed by atoms with van der Waals surface area (Å²) in [7, 11) is 0. The third-order valence-corrected chi connectivity index (χ3v) is 4.85. The summed E-state index contributed by atoms with van der Waals surface area (Å²) in [4.78, 5) is 16.4. The zero-order valence-corrected chi connectivity index (χ0v) is 15.5. The number of H-pyrrole nitrogens is 1. The molecule has 1 aromatic carbocycles. The number of carbonyl (C=O) groups excluding carboxylic acids is 1. The fourth-order valence-corrected chi connectivity index (χ4v) is 3.62. The number of nitrogens with one attached hydrogen (secondary N) is 2. The quantitative estimate of drug-likeness (QED) is 0.616. The first-order chi connectivity index (χ1) is 12.1. The van der Waals surface area contributed by atoms with Crippen LogP contribution in [-0.4, -0.2) is 37.0 Å². The Balaban J connectivity index is 1.51. The normalized spacial score (nSPS) is 11.0. The van der Waals surface area contributed by atoms with Crippen LogP contribution in [0.5, 0.6) is 0 Å². The molecule has 0 radical (unpaired) electrons. The summed E-state index contributed by atoms with van der Waals surface area (Å²) in [5, 5.41) is 19.8. The van der Waals surface area contributed by atoms with E-state index >= 15 is 0 Å². The molecule has 0 aliphatic rings. The number of amides is 1. The second-order valence-corrected chi connectivity index (χ2v) is 7.77. The Morgan fingerprint density at radius 1 is 1.28 bits per heavy atom. The van der Waals surface area contributed by atoms with E-state index in [1.165, 1.54) is 23.1 Å². The molecule has 25 heavy (non-hydrogen) atoms. The first-order valence-electron chi connectivity index (χ1n) is 7.83. The van der Waals surface area contributed by atoms with E-state index in [0.29, 0.717) is 22.0 Å². The van der Waals surface area contributed by atoms with Gasteiger partial charge in [0.05, 0.1) is 5.75 Å². The van der Waals surface area contributed by atoms with Gasteiger partial charge in [0.15, 0.2) is 5.82 Å². The fourth-order valence-electron chi connectivity index (χ4n) is 2.06. The van der Waals surface area contributed by atoms with E-state index < -0.39 is 0 Å². The van der Waals surface area contributed by atoms with Crippen LogP contribution in [0.4, 0.5) is 5.13 Å². The van der Waals surface area contributed by atoms with Gasteiger partial charge in [-0.3, -0.25) is 15.2 Å². The van der Waals surface area contributed by atoms with Gasteiger partial charge in [0.1, 0.15) is 5.01 Å². The molecule has 0 saturated carbocycles. The lowest BCUT2D eigenvalue weighted by Gasteiger charge is -1.99. The molecular formula is C16H18N6OS2. The second kappa shape index (κ2) is 8.21. The van der Waals surface area contributed by atoms with Gasteiger partial charge in [0, 0.05) is 12.0 Å². The van der Waals surface area contributed by atoms with Crippen molar-refractivity contribution in [3.63, 3.8) is 0 Å². The van der Waals surface area contributed by atoms with Crippen molar-refractivity contribution in [1.82, 2.24) is 25.4 Å². The number of rotatable bonds is 7. The van der Waals surface area contributed by atoms with Crippen molar-refractivity contribution in [2.45, 2.75) is 25.4 Å². The maximum atomic E-state index is 12.0. The van der Waals surface area contributed by atoms with Crippen LogP contribution >= 0.6 is 23.1 Å². The molecule has 2 N–H and O–H groups in total. The van der Waals surface area contributed by atoms with E-state index in [-0.39, 0.29) is 11.7 Å². The molecule has 0 saturated heterocycles. The summed E-state index contributed by atoms with van der Waals surface area (Å²) >= 11 is 2.68. The van der Waals surface area contributed by atoms with Gasteiger partial charge in [-0.05, 0) is 5.92 Å². The second-order valence-electron chi connectivity index (χ2n) is 5.77. The van der Waals surface area contributed by atoms with E-state index in [1.54, 1.807) is 0 Å². The molecule has 1 amide bonds. The first kappa shape index (κ1) is 17.6. The number of hydrogen-bond donors (Lipinski definition) is 2. The van der Waals surface area contributed by atoms with Gasteiger partial charge in [-0.2, -0.15) is 0 Å². The van der Waals surface area contributed by atoms with Crippen LogP contribution in [0.15, 0.2) is 35.5 Å². The number of hydrogen-bond acceptors (Lipinski definition) is 7. The minimum atomic E-state index is -0.150. The molecule has 130 valence electrons. The minimum Gasteiger partial charge on any atom is -0.300 e. The van der Waals surface area contributed by atoms with Gasteiger partial charge in [-0.1, -0.05) is 67.3 Å². The third kappa shape index (κ3) is 5.10. The lowest BCUT2D eigenvalue weighted by Crippen LogP contribution is -2.13. The van der Waals surface area contributed by atoms with Crippen LogP contribution < -0.4 is 5.32 Å². The van der Waals surface area contributed by atoms with Gasteiger partial charge >= 0.3 is 0 Å². The Bertz CT molecular complexity index is 830. The molecule has 0 fully saturated rings. The summed E-state index contributed by atoms with van der Waals surface area (Å²) < 4.78 is 0. The molecule has 3 rings (SSSR count). The van der Waals surface area contributed by atoms with Crippen LogP contribution in [0.2, 0.25) is 0 Å². The molecule has 0 spiro atoms. The summed E-state index contributed by atoms with van der Waals surface area (Å²) in [6.07, 6.45) is 0.863. The van der Waals surface area contributed by atoms with E-state index in [2.05, 4.69) is 44.5 Å². The summed E-state index contributed by atoms with van der Waals surface area (Å²) in [6, 6.07) is 9.72. The molecule has 9 heteroatoms. The number of nitrogens with zero attached hydrogens (tertiary/aromatic N) is 4. The Morgan fingerprint density at radius 3 is 2.84 bits per heavy atom. The predicted octanol–water partition coefficient (Wildman–Crippen LogP) is 3.25. The number of aromatic nitrogens is 5. The van der Waals surface area contributed by atoms with E-state index in [4.69, 9.17) is 0 Å². The zero-order valence-electron chi connectivity index (χ0n) is 13.9. The van der Waals surface area contributed by atoms with Gasteiger partial charge in [0.25, 0.3) is 0 Å². The van der Waals surface area contributed by atoms with E-state index in [1.807, 2.05) is 30.3 Å². The maximum absolute atomic E-state index is 12.0. The van der Waals surface area contributed by atoms with Gasteiger partial charge in [-0.15, -0.1) is 15.3 Å². The minimum absolute atomic E-state index is 0.150. The molecular weight excluding hydrogens is 356 g/mol. The van der Waals surface area contributed by atoms with Crippen molar-refractivity contribution >= 4 is 34.1 Å². The van der Waals surface area contributed by atoms with Crippen LogP contribution in [-0.2, 0) is 11.2 Å². The number of anilines is 1. The number of benzene rings is 1. The summed E-state index contributed by atoms with van der Waals surface area (Å²) in [5.41, 5.74) is 0.956. The highest BCUT2D eigenvalue weighted by atomic mass is 32.2. The average molecular weight is 374 g/mol. The van der Waals surface area contributed by atoms with E-state index in [9.17, 15) is 4.79 Å². The topological polar surface area (TPSA) is 96.5 Å². The van der Waals surface area contributed by atoms with Crippen molar-refractivity contribution in [3.8, 4) is 11.4 Å². The smallest absolute Gasteiger partial charge is 0.236 e. The van der Waals surface area contributed by atoms with Crippen LogP contribution in [0.25, 0.3) is 11.4 Å². The highest BCUT2D eigenvalue weighted by Gasteiger charge is 2.12. The Hall–Kier alpha value is -2.26. The van der Waals surface area contributed by atoms with Crippen molar-refractivity contribution in [1.29, 1.82) is 0 Å². The summed E-state index contributed by atoms with van der Waals surface area (Å²) in [6.45, 7) is 4.24. The molecule has 7 nitrogen and oxygen atoms in total. The highest BCUT2D eigenvalue weighted by Crippen LogP contribution is 2.21. The average Bonchev–Trinajstić information content (AvgIpc) is 3.23. The van der Waals surface area contributed by atoms with Crippen LogP contribution in [0.3, 0.4) is 0 Å². The molecule has 0 unspecified atom stereocenters. The zero-order chi connectivity index (χ0) is 17.6. The van der Waals surface area contributed by atoms with E-state index in [0.717, 1.165) is 17.0 Å². The van der Waals surface area contributed by atoms with Gasteiger partial charge in [0.2, 0.25) is 16.2 Å². The number of thioether (sulfide) groups is 1. The maximum Gasteiger partial charge on any atom is 0.236 e. The van der Waals surface area contributed by atoms with Crippen molar-refractivity contribution < 1.29 is 4.79 Å². The highest BCUT2D eigenvalue weighted by molar-refractivity contribution is 7.99. The van der Waals surface area contributed by atoms with Crippen molar-refractivity contribution in [3.05, 3.63) is 35.3 Å². The lowest BCUT2D eigenvalue weighted by molar-refractivity contribution is -0.113. The lowest BCUT2D eigenvalue weighted by atomic mass is 10.1. The molecule has 0 aliphatic heterocycles. The van der Waals surface area contributed by atoms with Gasteiger partial charge in [-0.25, -0.2) is 4.98 Å². The Kier molecular flexibility index (Phi) is 5.77. The molecule has 0 atom stereocenters. The molecule has 2 heterocycles. The molecule has 2 aromatic heterocycles. The monoisotopic (exact) mass is 374 g/mol. The van der Waals surface area contributed by atoms with Crippen LogP contribution in [0.1, 0.15) is 18.9 Å². The first-order valence-corrected chi connectivity index (χ1v) is 9.63. The number of aromatic amines is 1. The SMILES string of the molecule is CC(C)Cc1nnc(NC(=O)CSc2n[nH]c(-c3ccccc3)n2)s1. The molecule has 3 aromatic rings. The fraction of sp³-hybridized carbons (Fsp3) is 0.312. The number of carbonyl (C=O) groups is 1. The standard InChI is InChI=1S/C16H18N6OS2/c1-10(2)8-13-19-22-16(25-13)17-12(23)9-24-15-18-14(20-21-15)11-6-4-3-5-7-11/h3-7,10H,8-9H2,1-2H3,(H,17,22,23)(H,18,20,21). The summed E-state index contributed by atoms with van der Waals surface area (Å²) in [5.74, 6) is 1.26. The molecule has 0 bridgehead atoms. The van der Waals surface area contributed by atoms with Crippen molar-refractivity contribution in [2.75, 3.05) is 11.1 Å². The Labute approximate surface area is 153 Å². The van der Waals surface area contributed by atoms with Crippen molar-refractivity contribution in [2.24, 2.45) is 5.92 Å². The largest absolute Gasteiger partial charge is 0.300 e. The van der Waals surface area contributed by atoms with Gasteiger partial charge < -0.3 is 0 Å². The molecule has 0 aliphatic carbocycles. The Morgan fingerprint density at radius 2 is 2.08 bits per heavy atom. The predicted molar refractivity (Wildman–Crippen MR) is 99.6 cm³/mol. The third-order valence-electron chi connectivity index (χ3n) is 3.14.